The van der Waals surface area contributed by atoms with Crippen molar-refractivity contribution in [3.8, 4) is 0 Å². The molecule has 3 rings (SSSR count). The largest absolute Gasteiger partial charge is 0.372 e. The van der Waals surface area contributed by atoms with Gasteiger partial charge in [0.25, 0.3) is 0 Å². The number of hydrogen-bond donors (Lipinski definition) is 2. The Labute approximate surface area is 141 Å². The van der Waals surface area contributed by atoms with Gasteiger partial charge in [-0.1, -0.05) is 42.5 Å². The monoisotopic (exact) mass is 323 g/mol. The minimum absolute atomic E-state index is 0.0129. The Morgan fingerprint density at radius 1 is 1.17 bits per heavy atom. The molecule has 2 atom stereocenters. The van der Waals surface area contributed by atoms with Crippen LogP contribution in [-0.4, -0.2) is 24.4 Å². The Hall–Kier alpha value is -2.82. The summed E-state index contributed by atoms with van der Waals surface area (Å²) in [6.45, 7) is 3.75. The van der Waals surface area contributed by atoms with Crippen molar-refractivity contribution >= 4 is 23.2 Å². The molecular formula is C19H21N3O2. The number of benzene rings is 2. The van der Waals surface area contributed by atoms with Gasteiger partial charge in [0.2, 0.25) is 11.8 Å². The van der Waals surface area contributed by atoms with Gasteiger partial charge in [-0.15, -0.1) is 0 Å². The van der Waals surface area contributed by atoms with E-state index in [-0.39, 0.29) is 30.4 Å². The van der Waals surface area contributed by atoms with Crippen LogP contribution in [0.1, 0.15) is 25.5 Å². The van der Waals surface area contributed by atoms with Gasteiger partial charge in [-0.3, -0.25) is 14.5 Å². The molecule has 0 fully saturated rings. The predicted molar refractivity (Wildman–Crippen MR) is 94.9 cm³/mol. The summed E-state index contributed by atoms with van der Waals surface area (Å²) in [4.78, 5) is 26.4. The summed E-state index contributed by atoms with van der Waals surface area (Å²) in [5.41, 5.74) is 2.64. The lowest BCUT2D eigenvalue weighted by Gasteiger charge is -2.33. The fraction of sp³-hybridized carbons (Fsp3) is 0.263. The first kappa shape index (κ1) is 16.1. The zero-order chi connectivity index (χ0) is 17.1. The molecule has 2 N–H and O–H groups in total. The van der Waals surface area contributed by atoms with Crippen LogP contribution in [0.2, 0.25) is 0 Å². The summed E-state index contributed by atoms with van der Waals surface area (Å²) in [6.07, 6.45) is 0. The van der Waals surface area contributed by atoms with E-state index >= 15 is 0 Å². The molecule has 2 aromatic rings. The molecule has 1 heterocycles. The molecule has 2 amide bonds. The van der Waals surface area contributed by atoms with E-state index in [2.05, 4.69) is 10.6 Å². The molecule has 2 unspecified atom stereocenters. The molecule has 0 aliphatic carbocycles. The minimum Gasteiger partial charge on any atom is -0.372 e. The standard InChI is InChI=1S/C19H21N3O2/c1-13(15-8-4-3-5-9-15)21-18(23)12-22-17-11-7-6-10-16(17)20-14(2)19(22)24/h3-11,13-14,20H,12H2,1-2H3,(H,21,23). The van der Waals surface area contributed by atoms with Crippen LogP contribution in [-0.2, 0) is 9.59 Å². The molecule has 124 valence electrons. The van der Waals surface area contributed by atoms with Crippen LogP contribution in [0.3, 0.4) is 0 Å². The third kappa shape index (κ3) is 3.25. The highest BCUT2D eigenvalue weighted by Gasteiger charge is 2.30. The molecule has 0 radical (unpaired) electrons. The van der Waals surface area contributed by atoms with Crippen molar-refractivity contribution < 1.29 is 9.59 Å². The number of carbonyl (C=O) groups excluding carboxylic acids is 2. The van der Waals surface area contributed by atoms with Crippen molar-refractivity contribution in [3.05, 3.63) is 60.2 Å². The quantitative estimate of drug-likeness (QED) is 0.909. The van der Waals surface area contributed by atoms with Crippen molar-refractivity contribution in [2.75, 3.05) is 16.8 Å². The maximum Gasteiger partial charge on any atom is 0.249 e. The van der Waals surface area contributed by atoms with Crippen molar-refractivity contribution in [3.63, 3.8) is 0 Å². The van der Waals surface area contributed by atoms with Crippen LogP contribution in [0, 0.1) is 0 Å². The van der Waals surface area contributed by atoms with Crippen LogP contribution in [0.15, 0.2) is 54.6 Å². The third-order valence-corrected chi connectivity index (χ3v) is 4.18. The van der Waals surface area contributed by atoms with Crippen molar-refractivity contribution in [1.82, 2.24) is 5.32 Å². The number of carbonyl (C=O) groups is 2. The van der Waals surface area contributed by atoms with Gasteiger partial charge in [-0.05, 0) is 31.5 Å². The van der Waals surface area contributed by atoms with E-state index in [4.69, 9.17) is 0 Å². The number of fused-ring (bicyclic) bond motifs is 1. The zero-order valence-corrected chi connectivity index (χ0v) is 13.8. The number of nitrogens with zero attached hydrogens (tertiary/aromatic N) is 1. The summed E-state index contributed by atoms with van der Waals surface area (Å²) < 4.78 is 0. The van der Waals surface area contributed by atoms with Gasteiger partial charge in [-0.25, -0.2) is 0 Å². The highest BCUT2D eigenvalue weighted by molar-refractivity contribution is 6.07. The summed E-state index contributed by atoms with van der Waals surface area (Å²) in [7, 11) is 0. The van der Waals surface area contributed by atoms with Crippen LogP contribution in [0.5, 0.6) is 0 Å². The number of rotatable bonds is 4. The van der Waals surface area contributed by atoms with Gasteiger partial charge < -0.3 is 10.6 Å². The van der Waals surface area contributed by atoms with E-state index in [9.17, 15) is 9.59 Å². The van der Waals surface area contributed by atoms with E-state index in [0.29, 0.717) is 0 Å². The van der Waals surface area contributed by atoms with Gasteiger partial charge in [0.05, 0.1) is 17.4 Å². The van der Waals surface area contributed by atoms with E-state index in [0.717, 1.165) is 16.9 Å². The molecule has 0 bridgehead atoms. The predicted octanol–water partition coefficient (Wildman–Crippen LogP) is 2.71. The third-order valence-electron chi connectivity index (χ3n) is 4.18. The van der Waals surface area contributed by atoms with Crippen LogP contribution >= 0.6 is 0 Å². The average Bonchev–Trinajstić information content (AvgIpc) is 2.59. The molecule has 0 saturated heterocycles. The average molecular weight is 323 g/mol. The Morgan fingerprint density at radius 2 is 1.83 bits per heavy atom. The molecule has 5 heteroatoms. The summed E-state index contributed by atoms with van der Waals surface area (Å²) in [5, 5.41) is 6.11. The molecule has 24 heavy (non-hydrogen) atoms. The van der Waals surface area contributed by atoms with Crippen LogP contribution in [0.4, 0.5) is 11.4 Å². The SMILES string of the molecule is CC1Nc2ccccc2N(CC(=O)NC(C)c2ccccc2)C1=O. The molecule has 0 spiro atoms. The van der Waals surface area contributed by atoms with Gasteiger partial charge in [0, 0.05) is 0 Å². The van der Waals surface area contributed by atoms with Gasteiger partial charge >= 0.3 is 0 Å². The number of anilines is 2. The second-order valence-electron chi connectivity index (χ2n) is 6.01. The lowest BCUT2D eigenvalue weighted by atomic mass is 10.1. The number of hydrogen-bond acceptors (Lipinski definition) is 3. The topological polar surface area (TPSA) is 61.4 Å². The van der Waals surface area contributed by atoms with E-state index in [1.807, 2.05) is 61.5 Å². The van der Waals surface area contributed by atoms with Crippen molar-refractivity contribution in [2.24, 2.45) is 0 Å². The lowest BCUT2D eigenvalue weighted by molar-refractivity contribution is -0.124. The Bertz CT molecular complexity index is 745. The smallest absolute Gasteiger partial charge is 0.249 e. The fourth-order valence-electron chi connectivity index (χ4n) is 2.90. The van der Waals surface area contributed by atoms with Crippen LogP contribution in [0.25, 0.3) is 0 Å². The second kappa shape index (κ2) is 6.74. The summed E-state index contributed by atoms with van der Waals surface area (Å²) in [6, 6.07) is 16.8. The number of amides is 2. The molecule has 5 nitrogen and oxygen atoms in total. The maximum absolute atomic E-state index is 12.5. The van der Waals surface area contributed by atoms with E-state index in [1.54, 1.807) is 11.8 Å². The lowest BCUT2D eigenvalue weighted by Crippen LogP contribution is -2.49. The van der Waals surface area contributed by atoms with Crippen molar-refractivity contribution in [1.29, 1.82) is 0 Å². The maximum atomic E-state index is 12.5. The first-order valence-electron chi connectivity index (χ1n) is 8.07. The molecule has 1 aliphatic rings. The van der Waals surface area contributed by atoms with E-state index < -0.39 is 0 Å². The molecule has 0 aromatic heterocycles. The van der Waals surface area contributed by atoms with Gasteiger partial charge in [0.1, 0.15) is 12.6 Å². The highest BCUT2D eigenvalue weighted by Crippen LogP contribution is 2.30. The zero-order valence-electron chi connectivity index (χ0n) is 13.8. The first-order chi connectivity index (χ1) is 11.6. The molecule has 2 aromatic carbocycles. The Kier molecular flexibility index (Phi) is 4.51. The number of nitrogens with one attached hydrogen (secondary N) is 2. The molecular weight excluding hydrogens is 302 g/mol. The second-order valence-corrected chi connectivity index (χ2v) is 6.01. The molecule has 1 aliphatic heterocycles. The fourth-order valence-corrected chi connectivity index (χ4v) is 2.90. The molecule has 0 saturated carbocycles. The number of para-hydroxylation sites is 2. The van der Waals surface area contributed by atoms with Gasteiger partial charge in [-0.2, -0.15) is 0 Å². The van der Waals surface area contributed by atoms with E-state index in [1.165, 1.54) is 0 Å². The van der Waals surface area contributed by atoms with Crippen molar-refractivity contribution in [2.45, 2.75) is 25.9 Å². The normalized spacial score (nSPS) is 17.7. The first-order valence-corrected chi connectivity index (χ1v) is 8.07. The summed E-state index contributed by atoms with van der Waals surface area (Å²) in [5.74, 6) is -0.278. The Morgan fingerprint density at radius 3 is 2.58 bits per heavy atom. The minimum atomic E-state index is -0.348. The Balaban J connectivity index is 1.73. The van der Waals surface area contributed by atoms with Crippen LogP contribution < -0.4 is 15.5 Å². The highest BCUT2D eigenvalue weighted by atomic mass is 16.2. The summed E-state index contributed by atoms with van der Waals surface area (Å²) >= 11 is 0. The van der Waals surface area contributed by atoms with Gasteiger partial charge in [0.15, 0.2) is 0 Å².